The Balaban J connectivity index is 2.10. The Morgan fingerprint density at radius 2 is 1.76 bits per heavy atom. The number of nitrogens with one attached hydrogen (secondary N) is 1. The fourth-order valence-electron chi connectivity index (χ4n) is 1.75. The van der Waals surface area contributed by atoms with Gasteiger partial charge in [0, 0.05) is 11.7 Å². The summed E-state index contributed by atoms with van der Waals surface area (Å²) in [5, 5.41) is 0. The second-order valence-corrected chi connectivity index (χ2v) is 7.02. The second-order valence-electron chi connectivity index (χ2n) is 4.08. The van der Waals surface area contributed by atoms with Gasteiger partial charge in [-0.25, -0.2) is 13.1 Å². The van der Waals surface area contributed by atoms with Gasteiger partial charge in [0.15, 0.2) is 0 Å². The smallest absolute Gasteiger partial charge is 0.240 e. The molecule has 0 radical (unpaired) electrons. The van der Waals surface area contributed by atoms with Crippen LogP contribution < -0.4 is 10.5 Å². The van der Waals surface area contributed by atoms with Gasteiger partial charge < -0.3 is 5.73 Å². The third kappa shape index (κ3) is 3.37. The molecule has 17 heavy (non-hydrogen) atoms. The molecule has 4 nitrogen and oxygen atoms in total. The van der Waals surface area contributed by atoms with Crippen molar-refractivity contribution in [3.05, 3.63) is 24.3 Å². The van der Waals surface area contributed by atoms with Crippen LogP contribution in [-0.2, 0) is 10.0 Å². The van der Waals surface area contributed by atoms with E-state index in [4.69, 9.17) is 5.73 Å². The van der Waals surface area contributed by atoms with Crippen LogP contribution in [0.5, 0.6) is 0 Å². The standard InChI is InChI=1S/C11H16N2O2S2/c12-9-1-3-11(4-2-9)17(14,15)13-10-5-7-16-8-6-10/h1-4,10,13H,5-8,12H2. The van der Waals surface area contributed by atoms with Gasteiger partial charge in [0.05, 0.1) is 4.90 Å². The Morgan fingerprint density at radius 1 is 1.18 bits per heavy atom. The molecule has 1 saturated heterocycles. The number of hydrogen-bond donors (Lipinski definition) is 2. The van der Waals surface area contributed by atoms with E-state index < -0.39 is 10.0 Å². The number of sulfonamides is 1. The van der Waals surface area contributed by atoms with E-state index in [0.717, 1.165) is 24.3 Å². The van der Waals surface area contributed by atoms with Gasteiger partial charge >= 0.3 is 0 Å². The molecule has 1 aliphatic heterocycles. The normalized spacial score (nSPS) is 18.1. The zero-order valence-electron chi connectivity index (χ0n) is 9.43. The predicted octanol–water partition coefficient (Wildman–Crippen LogP) is 1.44. The van der Waals surface area contributed by atoms with Gasteiger partial charge in [0.2, 0.25) is 10.0 Å². The van der Waals surface area contributed by atoms with Crippen LogP contribution in [0.1, 0.15) is 12.8 Å². The molecule has 0 bridgehead atoms. The molecule has 6 heteroatoms. The van der Waals surface area contributed by atoms with Crippen molar-refractivity contribution in [2.24, 2.45) is 0 Å². The highest BCUT2D eigenvalue weighted by molar-refractivity contribution is 7.99. The molecule has 1 aromatic rings. The highest BCUT2D eigenvalue weighted by Gasteiger charge is 2.21. The molecular weight excluding hydrogens is 256 g/mol. The molecule has 0 atom stereocenters. The number of thioether (sulfide) groups is 1. The number of nitrogen functional groups attached to an aromatic ring is 1. The van der Waals surface area contributed by atoms with Gasteiger partial charge in [-0.05, 0) is 48.6 Å². The van der Waals surface area contributed by atoms with Crippen LogP contribution in [0.3, 0.4) is 0 Å². The molecule has 1 aromatic carbocycles. The SMILES string of the molecule is Nc1ccc(S(=O)(=O)NC2CCSCC2)cc1. The molecule has 0 saturated carbocycles. The monoisotopic (exact) mass is 272 g/mol. The van der Waals surface area contributed by atoms with Crippen LogP contribution >= 0.6 is 11.8 Å². The molecule has 0 unspecified atom stereocenters. The first kappa shape index (κ1) is 12.7. The average molecular weight is 272 g/mol. The predicted molar refractivity (Wildman–Crippen MR) is 71.5 cm³/mol. The number of benzene rings is 1. The maximum Gasteiger partial charge on any atom is 0.240 e. The van der Waals surface area contributed by atoms with Crippen LogP contribution in [0.25, 0.3) is 0 Å². The molecule has 1 aliphatic rings. The third-order valence-corrected chi connectivity index (χ3v) is 5.32. The number of rotatable bonds is 3. The van der Waals surface area contributed by atoms with E-state index in [1.54, 1.807) is 12.1 Å². The van der Waals surface area contributed by atoms with Crippen molar-refractivity contribution < 1.29 is 8.42 Å². The summed E-state index contributed by atoms with van der Waals surface area (Å²) in [6.45, 7) is 0. The van der Waals surface area contributed by atoms with Gasteiger partial charge in [-0.2, -0.15) is 11.8 Å². The lowest BCUT2D eigenvalue weighted by molar-refractivity contribution is 0.529. The van der Waals surface area contributed by atoms with Gasteiger partial charge in [-0.1, -0.05) is 0 Å². The first-order chi connectivity index (χ1) is 8.08. The highest BCUT2D eigenvalue weighted by Crippen LogP contribution is 2.19. The first-order valence-corrected chi connectivity index (χ1v) is 8.17. The molecule has 1 heterocycles. The minimum Gasteiger partial charge on any atom is -0.399 e. The maximum atomic E-state index is 12.1. The molecule has 0 amide bonds. The Hall–Kier alpha value is -0.720. The fourth-order valence-corrected chi connectivity index (χ4v) is 4.16. The van der Waals surface area contributed by atoms with E-state index in [9.17, 15) is 8.42 Å². The van der Waals surface area contributed by atoms with Gasteiger partial charge in [0.1, 0.15) is 0 Å². The highest BCUT2D eigenvalue weighted by atomic mass is 32.2. The summed E-state index contributed by atoms with van der Waals surface area (Å²) in [4.78, 5) is 0.282. The molecule has 0 aromatic heterocycles. The molecule has 94 valence electrons. The van der Waals surface area contributed by atoms with Crippen LogP contribution in [0.2, 0.25) is 0 Å². The van der Waals surface area contributed by atoms with Crippen molar-refractivity contribution in [1.82, 2.24) is 4.72 Å². The lowest BCUT2D eigenvalue weighted by atomic mass is 10.2. The third-order valence-electron chi connectivity index (χ3n) is 2.73. The Kier molecular flexibility index (Phi) is 3.96. The van der Waals surface area contributed by atoms with Crippen LogP contribution in [0.4, 0.5) is 5.69 Å². The summed E-state index contributed by atoms with van der Waals surface area (Å²) in [5.41, 5.74) is 6.10. The number of nitrogens with two attached hydrogens (primary N) is 1. The summed E-state index contributed by atoms with van der Waals surface area (Å²) in [6.07, 6.45) is 1.80. The van der Waals surface area contributed by atoms with Crippen LogP contribution in [0, 0.1) is 0 Å². The summed E-state index contributed by atoms with van der Waals surface area (Å²) in [7, 11) is -3.39. The minimum atomic E-state index is -3.39. The van der Waals surface area contributed by atoms with Crippen molar-refractivity contribution in [3.8, 4) is 0 Å². The van der Waals surface area contributed by atoms with E-state index in [1.807, 2.05) is 11.8 Å². The summed E-state index contributed by atoms with van der Waals surface area (Å²) >= 11 is 1.87. The molecule has 0 spiro atoms. The quantitative estimate of drug-likeness (QED) is 0.817. The first-order valence-electron chi connectivity index (χ1n) is 5.53. The zero-order valence-corrected chi connectivity index (χ0v) is 11.1. The van der Waals surface area contributed by atoms with Crippen molar-refractivity contribution in [1.29, 1.82) is 0 Å². The lowest BCUT2D eigenvalue weighted by Gasteiger charge is -2.22. The summed E-state index contributed by atoms with van der Waals surface area (Å²) < 4.78 is 26.9. The summed E-state index contributed by atoms with van der Waals surface area (Å²) in [5.74, 6) is 2.05. The lowest BCUT2D eigenvalue weighted by Crippen LogP contribution is -2.37. The van der Waals surface area contributed by atoms with Crippen molar-refractivity contribution >= 4 is 27.5 Å². The van der Waals surface area contributed by atoms with Gasteiger partial charge in [0.25, 0.3) is 0 Å². The summed E-state index contributed by atoms with van der Waals surface area (Å²) in [6, 6.07) is 6.35. The molecule has 2 rings (SSSR count). The Bertz CT molecular complexity index is 465. The molecular formula is C11H16N2O2S2. The van der Waals surface area contributed by atoms with Crippen molar-refractivity contribution in [2.45, 2.75) is 23.8 Å². The van der Waals surface area contributed by atoms with E-state index >= 15 is 0 Å². The maximum absolute atomic E-state index is 12.1. The van der Waals surface area contributed by atoms with E-state index in [0.29, 0.717) is 5.69 Å². The topological polar surface area (TPSA) is 72.2 Å². The Morgan fingerprint density at radius 3 is 2.35 bits per heavy atom. The fraction of sp³-hybridized carbons (Fsp3) is 0.455. The van der Waals surface area contributed by atoms with Crippen molar-refractivity contribution in [3.63, 3.8) is 0 Å². The average Bonchev–Trinajstić information content (AvgIpc) is 2.30. The molecule has 1 fully saturated rings. The number of anilines is 1. The van der Waals surface area contributed by atoms with Gasteiger partial charge in [-0.15, -0.1) is 0 Å². The molecule has 0 aliphatic carbocycles. The van der Waals surface area contributed by atoms with Crippen LogP contribution in [-0.4, -0.2) is 26.0 Å². The van der Waals surface area contributed by atoms with Crippen molar-refractivity contribution in [2.75, 3.05) is 17.2 Å². The van der Waals surface area contributed by atoms with E-state index in [1.165, 1.54) is 12.1 Å². The van der Waals surface area contributed by atoms with Gasteiger partial charge in [-0.3, -0.25) is 0 Å². The largest absolute Gasteiger partial charge is 0.399 e. The Labute approximate surface area is 106 Å². The van der Waals surface area contributed by atoms with E-state index in [-0.39, 0.29) is 10.9 Å². The zero-order chi connectivity index (χ0) is 12.3. The van der Waals surface area contributed by atoms with E-state index in [2.05, 4.69) is 4.72 Å². The number of hydrogen-bond acceptors (Lipinski definition) is 4. The minimum absolute atomic E-state index is 0.0683. The van der Waals surface area contributed by atoms with Crippen LogP contribution in [0.15, 0.2) is 29.2 Å². The molecule has 3 N–H and O–H groups in total. The second kappa shape index (κ2) is 5.29.